The number of H-pyrrole nitrogens is 1. The average molecular weight is 488 g/mol. The van der Waals surface area contributed by atoms with Crippen LogP contribution in [0.3, 0.4) is 0 Å². The first-order chi connectivity index (χ1) is 16.2. The normalized spacial score (nSPS) is 18.2. The Morgan fingerprint density at radius 1 is 1.26 bits per heavy atom. The predicted octanol–water partition coefficient (Wildman–Crippen LogP) is 0.640. The van der Waals surface area contributed by atoms with E-state index in [4.69, 9.17) is 5.73 Å². The Balaban J connectivity index is 1.94. The number of carbonyl (C=O) groups excluding carboxylic acids is 3. The van der Waals surface area contributed by atoms with Gasteiger partial charge in [0.05, 0.1) is 17.6 Å². The highest BCUT2D eigenvalue weighted by Gasteiger charge is 2.44. The SMILES string of the molecule is CC(S)C(=O)N1CCCC1C(=O)N(C(=O)C(N)Cc1ccccc1)C(Cc1cnc[nH]1)C(=O)O. The van der Waals surface area contributed by atoms with Crippen molar-refractivity contribution in [2.75, 3.05) is 6.54 Å². The van der Waals surface area contributed by atoms with Gasteiger partial charge in [-0.15, -0.1) is 0 Å². The third kappa shape index (κ3) is 5.84. The minimum atomic E-state index is -1.52. The highest BCUT2D eigenvalue weighted by atomic mass is 32.1. The number of rotatable bonds is 9. The van der Waals surface area contributed by atoms with Gasteiger partial charge >= 0.3 is 5.97 Å². The highest BCUT2D eigenvalue weighted by Crippen LogP contribution is 2.24. The minimum Gasteiger partial charge on any atom is -0.480 e. The Morgan fingerprint density at radius 3 is 2.56 bits per heavy atom. The summed E-state index contributed by atoms with van der Waals surface area (Å²) in [5.74, 6) is -3.26. The molecule has 0 radical (unpaired) electrons. The summed E-state index contributed by atoms with van der Waals surface area (Å²) in [4.78, 5) is 60.9. The largest absolute Gasteiger partial charge is 0.480 e. The maximum Gasteiger partial charge on any atom is 0.327 e. The van der Waals surface area contributed by atoms with Crippen molar-refractivity contribution in [1.82, 2.24) is 19.8 Å². The Kier molecular flexibility index (Phi) is 8.46. The number of hydrogen-bond donors (Lipinski definition) is 4. The molecule has 3 amide bonds. The van der Waals surface area contributed by atoms with Gasteiger partial charge in [0.2, 0.25) is 11.8 Å². The molecule has 11 heteroatoms. The summed E-state index contributed by atoms with van der Waals surface area (Å²) in [6, 6.07) is 5.39. The number of thiol groups is 1. The average Bonchev–Trinajstić information content (AvgIpc) is 3.50. The first kappa shape index (κ1) is 25.4. The number of aromatic nitrogens is 2. The van der Waals surface area contributed by atoms with Crippen LogP contribution in [0, 0.1) is 0 Å². The third-order valence-corrected chi connectivity index (χ3v) is 6.05. The van der Waals surface area contributed by atoms with Gasteiger partial charge in [0, 0.05) is 24.9 Å². The number of hydrogen-bond acceptors (Lipinski definition) is 7. The summed E-state index contributed by atoms with van der Waals surface area (Å²) in [5, 5.41) is 9.36. The van der Waals surface area contributed by atoms with Crippen molar-refractivity contribution in [3.63, 3.8) is 0 Å². The van der Waals surface area contributed by atoms with Crippen molar-refractivity contribution in [3.05, 3.63) is 54.1 Å². The van der Waals surface area contributed by atoms with Gasteiger partial charge in [-0.2, -0.15) is 12.6 Å². The summed E-state index contributed by atoms with van der Waals surface area (Å²) in [6.07, 6.45) is 3.64. The number of amides is 3. The van der Waals surface area contributed by atoms with Crippen LogP contribution in [0.2, 0.25) is 0 Å². The molecular weight excluding hydrogens is 458 g/mol. The molecule has 10 nitrogen and oxygen atoms in total. The topological polar surface area (TPSA) is 150 Å². The molecule has 34 heavy (non-hydrogen) atoms. The van der Waals surface area contributed by atoms with Gasteiger partial charge in [0.25, 0.3) is 5.91 Å². The second kappa shape index (κ2) is 11.3. The summed E-state index contributed by atoms with van der Waals surface area (Å²) < 4.78 is 0. The van der Waals surface area contributed by atoms with Gasteiger partial charge in [-0.1, -0.05) is 30.3 Å². The van der Waals surface area contributed by atoms with Crippen LogP contribution < -0.4 is 5.73 Å². The quantitative estimate of drug-likeness (QED) is 0.379. The van der Waals surface area contributed by atoms with Gasteiger partial charge in [-0.25, -0.2) is 9.78 Å². The maximum atomic E-state index is 13.7. The second-order valence-corrected chi connectivity index (χ2v) is 9.12. The van der Waals surface area contributed by atoms with Crippen molar-refractivity contribution in [2.24, 2.45) is 5.73 Å². The Labute approximate surface area is 202 Å². The van der Waals surface area contributed by atoms with Gasteiger partial charge < -0.3 is 20.7 Å². The van der Waals surface area contributed by atoms with Crippen molar-refractivity contribution in [1.29, 1.82) is 0 Å². The number of aromatic amines is 1. The van der Waals surface area contributed by atoms with E-state index in [2.05, 4.69) is 22.6 Å². The fourth-order valence-corrected chi connectivity index (χ4v) is 4.28. The number of carbonyl (C=O) groups is 4. The Bertz CT molecular complexity index is 1010. The number of nitrogens with one attached hydrogen (secondary N) is 1. The third-order valence-electron chi connectivity index (χ3n) is 5.83. The van der Waals surface area contributed by atoms with Crippen molar-refractivity contribution in [2.45, 2.75) is 56.0 Å². The lowest BCUT2D eigenvalue weighted by Crippen LogP contribution is -2.60. The number of carboxylic acids is 1. The van der Waals surface area contributed by atoms with Gasteiger partial charge in [0.1, 0.15) is 12.1 Å². The molecule has 0 spiro atoms. The van der Waals surface area contributed by atoms with E-state index in [1.54, 1.807) is 31.2 Å². The van der Waals surface area contributed by atoms with E-state index >= 15 is 0 Å². The molecule has 4 atom stereocenters. The zero-order chi connectivity index (χ0) is 24.8. The van der Waals surface area contributed by atoms with Crippen molar-refractivity contribution < 1.29 is 24.3 Å². The first-order valence-corrected chi connectivity index (χ1v) is 11.6. The number of likely N-dealkylation sites (tertiary alicyclic amines) is 1. The van der Waals surface area contributed by atoms with Gasteiger partial charge in [0.15, 0.2) is 0 Å². The molecule has 3 rings (SSSR count). The molecule has 0 saturated carbocycles. The molecule has 0 bridgehead atoms. The molecule has 182 valence electrons. The zero-order valence-electron chi connectivity index (χ0n) is 18.8. The molecular formula is C23H29N5O5S. The number of imide groups is 1. The molecule has 2 heterocycles. The molecule has 1 saturated heterocycles. The van der Waals surface area contributed by atoms with E-state index in [-0.39, 0.29) is 18.7 Å². The van der Waals surface area contributed by atoms with E-state index in [1.165, 1.54) is 17.4 Å². The first-order valence-electron chi connectivity index (χ1n) is 11.1. The molecule has 1 aliphatic heterocycles. The summed E-state index contributed by atoms with van der Waals surface area (Å²) in [5.41, 5.74) is 7.41. The van der Waals surface area contributed by atoms with E-state index in [1.807, 2.05) is 6.07 Å². The molecule has 0 aliphatic carbocycles. The molecule has 4 unspecified atom stereocenters. The Morgan fingerprint density at radius 2 is 1.97 bits per heavy atom. The molecule has 1 aromatic carbocycles. The zero-order valence-corrected chi connectivity index (χ0v) is 19.7. The highest BCUT2D eigenvalue weighted by molar-refractivity contribution is 7.81. The lowest BCUT2D eigenvalue weighted by Gasteiger charge is -2.34. The number of nitrogens with zero attached hydrogens (tertiary/aromatic N) is 3. The number of aliphatic carboxylic acids is 1. The monoisotopic (exact) mass is 487 g/mol. The number of carboxylic acid groups (broad SMARTS) is 1. The van der Waals surface area contributed by atoms with E-state index in [0.29, 0.717) is 25.1 Å². The number of benzene rings is 1. The van der Waals surface area contributed by atoms with Crippen LogP contribution in [0.5, 0.6) is 0 Å². The molecule has 1 fully saturated rings. The number of imidazole rings is 1. The van der Waals surface area contributed by atoms with Crippen molar-refractivity contribution >= 4 is 36.3 Å². The van der Waals surface area contributed by atoms with Gasteiger partial charge in [-0.05, 0) is 31.7 Å². The van der Waals surface area contributed by atoms with Crippen molar-refractivity contribution in [3.8, 4) is 0 Å². The molecule has 1 aliphatic rings. The van der Waals surface area contributed by atoms with E-state index in [0.717, 1.165) is 10.5 Å². The summed E-state index contributed by atoms with van der Waals surface area (Å²) in [7, 11) is 0. The summed E-state index contributed by atoms with van der Waals surface area (Å²) in [6.45, 7) is 1.93. The van der Waals surface area contributed by atoms with Crippen LogP contribution in [0.25, 0.3) is 0 Å². The van der Waals surface area contributed by atoms with Crippen LogP contribution in [-0.4, -0.2) is 78.5 Å². The Hall–Kier alpha value is -3.18. The lowest BCUT2D eigenvalue weighted by molar-refractivity contribution is -0.161. The van der Waals surface area contributed by atoms with E-state index < -0.39 is 41.2 Å². The number of nitrogens with two attached hydrogens (primary N) is 1. The smallest absolute Gasteiger partial charge is 0.327 e. The predicted molar refractivity (Wildman–Crippen MR) is 127 cm³/mol. The van der Waals surface area contributed by atoms with E-state index in [9.17, 15) is 24.3 Å². The fraction of sp³-hybridized carbons (Fsp3) is 0.435. The summed E-state index contributed by atoms with van der Waals surface area (Å²) >= 11 is 4.18. The lowest BCUT2D eigenvalue weighted by atomic mass is 10.0. The van der Waals surface area contributed by atoms with Crippen LogP contribution >= 0.6 is 12.6 Å². The van der Waals surface area contributed by atoms with Gasteiger partial charge in [-0.3, -0.25) is 19.3 Å². The van der Waals surface area contributed by atoms with Crippen LogP contribution in [-0.2, 0) is 32.0 Å². The van der Waals surface area contributed by atoms with Crippen LogP contribution in [0.15, 0.2) is 42.9 Å². The molecule has 4 N–H and O–H groups in total. The standard InChI is InChI=1S/C23H29N5O5S/c1-14(34)20(29)27-9-5-8-18(27)22(31)28(19(23(32)33)11-16-12-25-13-26-16)21(30)17(24)10-15-6-3-2-4-7-15/h2-4,6-7,12-14,17-19,34H,5,8-11,24H2,1H3,(H,25,26)(H,32,33). The minimum absolute atomic E-state index is 0.126. The fourth-order valence-electron chi connectivity index (χ4n) is 4.13. The van der Waals surface area contributed by atoms with Crippen LogP contribution in [0.4, 0.5) is 0 Å². The molecule has 1 aromatic heterocycles. The van der Waals surface area contributed by atoms with Crippen LogP contribution in [0.1, 0.15) is 31.0 Å². The second-order valence-electron chi connectivity index (χ2n) is 8.34. The maximum absolute atomic E-state index is 13.7. The molecule has 2 aromatic rings.